The summed E-state index contributed by atoms with van der Waals surface area (Å²) in [6, 6.07) is 4.78. The molecule has 7 nitrogen and oxygen atoms in total. The van der Waals surface area contributed by atoms with Crippen LogP contribution in [0.2, 0.25) is 0 Å². The third-order valence-corrected chi connectivity index (χ3v) is 4.64. The van der Waals surface area contributed by atoms with Gasteiger partial charge in [-0.2, -0.15) is 5.10 Å². The Hall–Kier alpha value is -2.57. The van der Waals surface area contributed by atoms with Gasteiger partial charge in [0.25, 0.3) is 5.91 Å². The average Bonchev–Trinajstić information content (AvgIpc) is 2.73. The first-order valence-corrected chi connectivity index (χ1v) is 11.1. The van der Waals surface area contributed by atoms with Crippen molar-refractivity contribution in [3.05, 3.63) is 23.8 Å². The Morgan fingerprint density at radius 2 is 1.67 bits per heavy atom. The molecular weight excluding hydrogens is 382 g/mol. The van der Waals surface area contributed by atoms with E-state index in [9.17, 15) is 14.7 Å². The number of rotatable bonds is 16. The quantitative estimate of drug-likeness (QED) is 0.211. The number of benzene rings is 1. The smallest absolute Gasteiger partial charge is 0.259 e. The van der Waals surface area contributed by atoms with Crippen molar-refractivity contribution in [2.45, 2.75) is 78.1 Å². The molecule has 30 heavy (non-hydrogen) atoms. The maximum Gasteiger partial charge on any atom is 0.259 e. The van der Waals surface area contributed by atoms with E-state index in [0.717, 1.165) is 19.3 Å². The Bertz CT molecular complexity index is 662. The highest BCUT2D eigenvalue weighted by Crippen LogP contribution is 2.26. The van der Waals surface area contributed by atoms with Gasteiger partial charge in [-0.25, -0.2) is 5.43 Å². The number of unbranched alkanes of at least 4 members (excludes halogenated alkanes) is 8. The van der Waals surface area contributed by atoms with Crippen molar-refractivity contribution < 1.29 is 19.4 Å². The SMILES string of the molecule is CCCCCCCCCCCC(=O)NCC(=O)NN=Cc1ccc(O)c(OCC)c1. The van der Waals surface area contributed by atoms with E-state index >= 15 is 0 Å². The van der Waals surface area contributed by atoms with Crippen LogP contribution in [-0.2, 0) is 9.59 Å². The van der Waals surface area contributed by atoms with Gasteiger partial charge in [-0.15, -0.1) is 0 Å². The van der Waals surface area contributed by atoms with Crippen LogP contribution in [0.5, 0.6) is 11.5 Å². The molecule has 0 aromatic heterocycles. The highest BCUT2D eigenvalue weighted by Gasteiger charge is 2.05. The zero-order chi connectivity index (χ0) is 22.0. The summed E-state index contributed by atoms with van der Waals surface area (Å²) in [6.07, 6.45) is 12.7. The summed E-state index contributed by atoms with van der Waals surface area (Å²) < 4.78 is 5.30. The van der Waals surface area contributed by atoms with Gasteiger partial charge in [-0.1, -0.05) is 58.3 Å². The van der Waals surface area contributed by atoms with E-state index in [4.69, 9.17) is 4.74 Å². The number of nitrogens with zero attached hydrogens (tertiary/aromatic N) is 1. The lowest BCUT2D eigenvalue weighted by Gasteiger charge is -2.06. The lowest BCUT2D eigenvalue weighted by molar-refractivity contribution is -0.126. The molecule has 7 heteroatoms. The number of phenolic OH excluding ortho intramolecular Hbond substituents is 1. The summed E-state index contributed by atoms with van der Waals surface area (Å²) in [5.74, 6) is -0.100. The van der Waals surface area contributed by atoms with Gasteiger partial charge in [0.05, 0.1) is 19.4 Å². The summed E-state index contributed by atoms with van der Waals surface area (Å²) in [5.41, 5.74) is 3.04. The molecule has 0 fully saturated rings. The molecule has 0 aliphatic rings. The molecule has 0 bridgehead atoms. The fraction of sp³-hybridized carbons (Fsp3) is 0.609. The third kappa shape index (κ3) is 12.1. The number of phenols is 1. The zero-order valence-electron chi connectivity index (χ0n) is 18.4. The maximum atomic E-state index is 11.8. The normalized spacial score (nSPS) is 10.9. The summed E-state index contributed by atoms with van der Waals surface area (Å²) >= 11 is 0. The molecule has 168 valence electrons. The Labute approximate surface area is 180 Å². The molecule has 0 aliphatic heterocycles. The first kappa shape index (κ1) is 25.5. The standard InChI is InChI=1S/C23H37N3O4/c1-3-5-6-7-8-9-10-11-12-13-22(28)24-18-23(29)26-25-17-19-14-15-20(27)21(16-19)30-4-2/h14-17,27H,3-13,18H2,1-2H3,(H,24,28)(H,26,29). The fourth-order valence-electron chi connectivity index (χ4n) is 2.96. The maximum absolute atomic E-state index is 11.8. The van der Waals surface area contributed by atoms with Crippen LogP contribution in [0.15, 0.2) is 23.3 Å². The Kier molecular flexibility index (Phi) is 13.8. The molecule has 0 saturated carbocycles. The predicted octanol–water partition coefficient (Wildman–Crippen LogP) is 4.28. The summed E-state index contributed by atoms with van der Waals surface area (Å²) in [4.78, 5) is 23.6. The molecule has 0 heterocycles. The Morgan fingerprint density at radius 3 is 2.33 bits per heavy atom. The van der Waals surface area contributed by atoms with Crippen LogP contribution in [0.4, 0.5) is 0 Å². The van der Waals surface area contributed by atoms with Crippen LogP contribution >= 0.6 is 0 Å². The highest BCUT2D eigenvalue weighted by atomic mass is 16.5. The number of hydrogen-bond donors (Lipinski definition) is 3. The number of amides is 2. The minimum absolute atomic E-state index is 0.0488. The Morgan fingerprint density at radius 1 is 1.00 bits per heavy atom. The van der Waals surface area contributed by atoms with Crippen LogP contribution in [0, 0.1) is 0 Å². The number of hydrazone groups is 1. The van der Waals surface area contributed by atoms with Gasteiger partial charge in [-0.3, -0.25) is 9.59 Å². The number of hydrogen-bond acceptors (Lipinski definition) is 5. The minimum atomic E-state index is -0.393. The van der Waals surface area contributed by atoms with Crippen molar-refractivity contribution in [1.82, 2.24) is 10.7 Å². The molecule has 0 atom stereocenters. The van der Waals surface area contributed by atoms with Crippen molar-refractivity contribution in [3.63, 3.8) is 0 Å². The van der Waals surface area contributed by atoms with Crippen molar-refractivity contribution >= 4 is 18.0 Å². The van der Waals surface area contributed by atoms with Gasteiger partial charge in [0.2, 0.25) is 5.91 Å². The lowest BCUT2D eigenvalue weighted by Crippen LogP contribution is -2.34. The van der Waals surface area contributed by atoms with Gasteiger partial charge in [0.15, 0.2) is 11.5 Å². The molecule has 1 aromatic rings. The molecule has 0 saturated heterocycles. The molecular formula is C23H37N3O4. The molecule has 0 unspecified atom stereocenters. The van der Waals surface area contributed by atoms with Crippen molar-refractivity contribution in [2.24, 2.45) is 5.10 Å². The van der Waals surface area contributed by atoms with E-state index in [1.165, 1.54) is 50.8 Å². The molecule has 1 rings (SSSR count). The number of aromatic hydroxyl groups is 1. The van der Waals surface area contributed by atoms with Gasteiger partial charge in [0.1, 0.15) is 0 Å². The third-order valence-electron chi connectivity index (χ3n) is 4.64. The number of nitrogens with one attached hydrogen (secondary N) is 2. The number of carbonyl (C=O) groups is 2. The second-order valence-electron chi connectivity index (χ2n) is 7.31. The molecule has 0 spiro atoms. The van der Waals surface area contributed by atoms with E-state index in [-0.39, 0.29) is 18.2 Å². The predicted molar refractivity (Wildman–Crippen MR) is 120 cm³/mol. The largest absolute Gasteiger partial charge is 0.504 e. The average molecular weight is 420 g/mol. The van der Waals surface area contributed by atoms with E-state index in [1.807, 2.05) is 6.92 Å². The number of carbonyl (C=O) groups excluding carboxylic acids is 2. The second-order valence-corrected chi connectivity index (χ2v) is 7.31. The highest BCUT2D eigenvalue weighted by molar-refractivity contribution is 5.86. The van der Waals surface area contributed by atoms with Gasteiger partial charge < -0.3 is 15.2 Å². The van der Waals surface area contributed by atoms with Crippen molar-refractivity contribution in [2.75, 3.05) is 13.2 Å². The summed E-state index contributed by atoms with van der Waals surface area (Å²) in [5, 5.41) is 16.1. The topological polar surface area (TPSA) is 100 Å². The summed E-state index contributed by atoms with van der Waals surface area (Å²) in [6.45, 7) is 4.37. The molecule has 2 amide bonds. The van der Waals surface area contributed by atoms with Crippen LogP contribution in [-0.4, -0.2) is 36.3 Å². The van der Waals surface area contributed by atoms with Crippen LogP contribution in [0.1, 0.15) is 83.6 Å². The van der Waals surface area contributed by atoms with Crippen molar-refractivity contribution in [1.29, 1.82) is 0 Å². The first-order valence-electron chi connectivity index (χ1n) is 11.1. The van der Waals surface area contributed by atoms with Crippen LogP contribution < -0.4 is 15.5 Å². The Balaban J connectivity index is 2.13. The molecule has 0 radical (unpaired) electrons. The van der Waals surface area contributed by atoms with E-state index in [2.05, 4.69) is 22.8 Å². The van der Waals surface area contributed by atoms with E-state index in [1.54, 1.807) is 12.1 Å². The molecule has 1 aromatic carbocycles. The van der Waals surface area contributed by atoms with E-state index < -0.39 is 5.91 Å². The van der Waals surface area contributed by atoms with Crippen LogP contribution in [0.3, 0.4) is 0 Å². The zero-order valence-corrected chi connectivity index (χ0v) is 18.4. The van der Waals surface area contributed by atoms with Gasteiger partial charge in [-0.05, 0) is 37.1 Å². The fourth-order valence-corrected chi connectivity index (χ4v) is 2.96. The second kappa shape index (κ2) is 16.3. The lowest BCUT2D eigenvalue weighted by atomic mass is 10.1. The first-order chi connectivity index (χ1) is 14.6. The number of ether oxygens (including phenoxy) is 1. The minimum Gasteiger partial charge on any atom is -0.504 e. The van der Waals surface area contributed by atoms with Gasteiger partial charge in [0, 0.05) is 6.42 Å². The van der Waals surface area contributed by atoms with Crippen LogP contribution in [0.25, 0.3) is 0 Å². The van der Waals surface area contributed by atoms with Gasteiger partial charge >= 0.3 is 0 Å². The monoisotopic (exact) mass is 419 g/mol. The van der Waals surface area contributed by atoms with Crippen molar-refractivity contribution in [3.8, 4) is 11.5 Å². The summed E-state index contributed by atoms with van der Waals surface area (Å²) in [7, 11) is 0. The molecule has 0 aliphatic carbocycles. The molecule has 3 N–H and O–H groups in total. The van der Waals surface area contributed by atoms with E-state index in [0.29, 0.717) is 24.3 Å².